The van der Waals surface area contributed by atoms with Gasteiger partial charge in [-0.3, -0.25) is 0 Å². The van der Waals surface area contributed by atoms with E-state index in [9.17, 15) is 0 Å². The van der Waals surface area contributed by atoms with Crippen molar-refractivity contribution in [1.82, 2.24) is 10.2 Å². The van der Waals surface area contributed by atoms with Crippen LogP contribution in [0.2, 0.25) is 0 Å². The molecule has 1 aromatic heterocycles. The summed E-state index contributed by atoms with van der Waals surface area (Å²) in [6.45, 7) is 1.99. The van der Waals surface area contributed by atoms with E-state index in [1.165, 1.54) is 25.0 Å². The molecule has 0 aliphatic heterocycles. The Morgan fingerprint density at radius 1 is 1.31 bits per heavy atom. The van der Waals surface area contributed by atoms with Crippen LogP contribution in [0, 0.1) is 6.92 Å². The molecule has 1 aromatic rings. The minimum atomic E-state index is 1.06. The molecule has 0 aromatic carbocycles. The van der Waals surface area contributed by atoms with Gasteiger partial charge in [0.05, 0.1) is 0 Å². The number of rotatable bonds is 6. The van der Waals surface area contributed by atoms with Crippen molar-refractivity contribution in [1.29, 1.82) is 0 Å². The van der Waals surface area contributed by atoms with Crippen LogP contribution < -0.4 is 0 Å². The standard InChI is InChI=1S/C8H13BrN2S2/c1-7-10-11-8(13-7)12-6-4-2-3-5-9/h2-6H2,1H3. The molecule has 1 heterocycles. The lowest BCUT2D eigenvalue weighted by molar-refractivity contribution is 0.788. The first-order valence-electron chi connectivity index (χ1n) is 4.32. The van der Waals surface area contributed by atoms with Gasteiger partial charge in [-0.05, 0) is 19.8 Å². The van der Waals surface area contributed by atoms with Gasteiger partial charge in [0.2, 0.25) is 0 Å². The second-order valence-electron chi connectivity index (χ2n) is 2.69. The molecule has 0 fully saturated rings. The fourth-order valence-electron chi connectivity index (χ4n) is 0.870. The topological polar surface area (TPSA) is 25.8 Å². The second kappa shape index (κ2) is 6.79. The van der Waals surface area contributed by atoms with Crippen molar-refractivity contribution in [2.75, 3.05) is 11.1 Å². The third kappa shape index (κ3) is 4.98. The Balaban J connectivity index is 2.06. The fourth-order valence-corrected chi connectivity index (χ4v) is 3.15. The highest BCUT2D eigenvalue weighted by Gasteiger charge is 1.99. The zero-order valence-electron chi connectivity index (χ0n) is 7.62. The normalized spacial score (nSPS) is 10.6. The molecule has 0 aliphatic carbocycles. The van der Waals surface area contributed by atoms with Gasteiger partial charge in [0.25, 0.3) is 0 Å². The summed E-state index contributed by atoms with van der Waals surface area (Å²) in [5.41, 5.74) is 0. The van der Waals surface area contributed by atoms with E-state index >= 15 is 0 Å². The van der Waals surface area contributed by atoms with Gasteiger partial charge in [-0.1, -0.05) is 45.4 Å². The van der Waals surface area contributed by atoms with Crippen molar-refractivity contribution in [3.8, 4) is 0 Å². The van der Waals surface area contributed by atoms with E-state index in [0.717, 1.165) is 14.7 Å². The highest BCUT2D eigenvalue weighted by molar-refractivity contribution is 9.09. The molecule has 0 saturated heterocycles. The minimum absolute atomic E-state index is 1.06. The molecule has 0 bridgehead atoms. The van der Waals surface area contributed by atoms with Gasteiger partial charge in [-0.15, -0.1) is 10.2 Å². The predicted octanol–water partition coefficient (Wildman–Crippen LogP) is 3.50. The van der Waals surface area contributed by atoms with Gasteiger partial charge in [-0.25, -0.2) is 0 Å². The lowest BCUT2D eigenvalue weighted by Gasteiger charge is -1.95. The molecular formula is C8H13BrN2S2. The zero-order chi connectivity index (χ0) is 9.52. The summed E-state index contributed by atoms with van der Waals surface area (Å²) < 4.78 is 1.11. The van der Waals surface area contributed by atoms with Crippen molar-refractivity contribution in [3.05, 3.63) is 5.01 Å². The first-order chi connectivity index (χ1) is 6.33. The summed E-state index contributed by atoms with van der Waals surface area (Å²) in [4.78, 5) is 0. The molecule has 0 spiro atoms. The van der Waals surface area contributed by atoms with Crippen LogP contribution in [0.15, 0.2) is 4.34 Å². The number of unbranched alkanes of at least 4 members (excludes halogenated alkanes) is 2. The molecule has 13 heavy (non-hydrogen) atoms. The molecule has 1 rings (SSSR count). The SMILES string of the molecule is Cc1nnc(SCCCCCBr)s1. The lowest BCUT2D eigenvalue weighted by Crippen LogP contribution is -1.81. The van der Waals surface area contributed by atoms with E-state index in [4.69, 9.17) is 0 Å². The molecule has 0 N–H and O–H groups in total. The lowest BCUT2D eigenvalue weighted by atomic mass is 10.3. The highest BCUT2D eigenvalue weighted by atomic mass is 79.9. The number of hydrogen-bond donors (Lipinski definition) is 0. The number of nitrogens with zero attached hydrogens (tertiary/aromatic N) is 2. The van der Waals surface area contributed by atoms with Gasteiger partial charge in [0.1, 0.15) is 5.01 Å². The van der Waals surface area contributed by atoms with Crippen LogP contribution in [-0.4, -0.2) is 21.3 Å². The quantitative estimate of drug-likeness (QED) is 0.453. The monoisotopic (exact) mass is 280 g/mol. The minimum Gasteiger partial charge on any atom is -0.143 e. The van der Waals surface area contributed by atoms with E-state index in [1.54, 1.807) is 11.3 Å². The molecule has 0 aliphatic rings. The summed E-state index contributed by atoms with van der Waals surface area (Å²) in [7, 11) is 0. The van der Waals surface area contributed by atoms with Gasteiger partial charge in [-0.2, -0.15) is 0 Å². The first-order valence-corrected chi connectivity index (χ1v) is 7.24. The first kappa shape index (κ1) is 11.5. The Morgan fingerprint density at radius 2 is 2.15 bits per heavy atom. The Morgan fingerprint density at radius 3 is 2.77 bits per heavy atom. The van der Waals surface area contributed by atoms with Crippen molar-refractivity contribution >= 4 is 39.0 Å². The number of thioether (sulfide) groups is 1. The average Bonchev–Trinajstić information content (AvgIpc) is 2.51. The third-order valence-corrected chi connectivity index (χ3v) is 4.13. The average molecular weight is 281 g/mol. The fraction of sp³-hybridized carbons (Fsp3) is 0.750. The van der Waals surface area contributed by atoms with Crippen molar-refractivity contribution in [3.63, 3.8) is 0 Å². The Labute approximate surface area is 95.7 Å². The Kier molecular flexibility index (Phi) is 5.98. The number of hydrogen-bond acceptors (Lipinski definition) is 4. The number of aromatic nitrogens is 2. The molecule has 5 heteroatoms. The molecule has 0 saturated carbocycles. The Bertz CT molecular complexity index is 240. The molecule has 0 atom stereocenters. The third-order valence-electron chi connectivity index (χ3n) is 1.51. The van der Waals surface area contributed by atoms with Crippen LogP contribution in [0.1, 0.15) is 24.3 Å². The molecular weight excluding hydrogens is 268 g/mol. The Hall–Kier alpha value is 0.390. The van der Waals surface area contributed by atoms with Gasteiger partial charge >= 0.3 is 0 Å². The van der Waals surface area contributed by atoms with Crippen LogP contribution in [0.4, 0.5) is 0 Å². The van der Waals surface area contributed by atoms with Crippen LogP contribution in [0.25, 0.3) is 0 Å². The van der Waals surface area contributed by atoms with E-state index in [1.807, 2.05) is 18.7 Å². The summed E-state index contributed by atoms with van der Waals surface area (Å²) in [6.07, 6.45) is 3.85. The van der Waals surface area contributed by atoms with Crippen LogP contribution in [0.3, 0.4) is 0 Å². The van der Waals surface area contributed by atoms with Crippen molar-refractivity contribution in [2.45, 2.75) is 30.5 Å². The predicted molar refractivity (Wildman–Crippen MR) is 63.0 cm³/mol. The second-order valence-corrected chi connectivity index (χ2v) is 6.00. The molecule has 2 nitrogen and oxygen atoms in total. The maximum atomic E-state index is 4.06. The maximum Gasteiger partial charge on any atom is 0.174 e. The molecule has 0 radical (unpaired) electrons. The molecule has 74 valence electrons. The summed E-state index contributed by atoms with van der Waals surface area (Å²) in [5, 5.41) is 10.2. The van der Waals surface area contributed by atoms with E-state index in [2.05, 4.69) is 26.1 Å². The van der Waals surface area contributed by atoms with E-state index in [0.29, 0.717) is 0 Å². The number of aryl methyl sites for hydroxylation is 1. The molecule has 0 unspecified atom stereocenters. The maximum absolute atomic E-state index is 4.06. The highest BCUT2D eigenvalue weighted by Crippen LogP contribution is 2.22. The number of alkyl halides is 1. The van der Waals surface area contributed by atoms with Crippen LogP contribution in [0.5, 0.6) is 0 Å². The van der Waals surface area contributed by atoms with Gasteiger partial charge < -0.3 is 0 Å². The van der Waals surface area contributed by atoms with Crippen molar-refractivity contribution in [2.24, 2.45) is 0 Å². The van der Waals surface area contributed by atoms with Gasteiger partial charge in [0.15, 0.2) is 4.34 Å². The van der Waals surface area contributed by atoms with Crippen LogP contribution >= 0.6 is 39.0 Å². The summed E-state index contributed by atoms with van der Waals surface area (Å²) in [5.74, 6) is 1.17. The van der Waals surface area contributed by atoms with E-state index in [-0.39, 0.29) is 0 Å². The summed E-state index contributed by atoms with van der Waals surface area (Å²) in [6, 6.07) is 0. The summed E-state index contributed by atoms with van der Waals surface area (Å²) >= 11 is 6.93. The zero-order valence-corrected chi connectivity index (χ0v) is 10.8. The van der Waals surface area contributed by atoms with E-state index < -0.39 is 0 Å². The smallest absolute Gasteiger partial charge is 0.143 e. The number of halogens is 1. The molecule has 0 amide bonds. The van der Waals surface area contributed by atoms with Crippen molar-refractivity contribution < 1.29 is 0 Å². The van der Waals surface area contributed by atoms with Gasteiger partial charge in [0, 0.05) is 11.1 Å². The largest absolute Gasteiger partial charge is 0.174 e. The van der Waals surface area contributed by atoms with Crippen LogP contribution in [-0.2, 0) is 0 Å².